The van der Waals surface area contributed by atoms with E-state index in [0.29, 0.717) is 12.3 Å². The Morgan fingerprint density at radius 1 is 0.971 bits per heavy atom. The summed E-state index contributed by atoms with van der Waals surface area (Å²) in [6, 6.07) is 26.8. The SMILES string of the molecule is C[C@H]1CC(=O)c2ccc(N=C(c3ccccc3)c3ccccc3)cc2[C@]1(C)CCNCC1CC1. The molecule has 3 heteroatoms. The number of nitrogens with one attached hydrogen (secondary N) is 1. The van der Waals surface area contributed by atoms with E-state index in [1.54, 1.807) is 0 Å². The van der Waals surface area contributed by atoms with E-state index in [4.69, 9.17) is 4.99 Å². The molecule has 1 fully saturated rings. The van der Waals surface area contributed by atoms with E-state index in [1.807, 2.05) is 48.5 Å². The van der Waals surface area contributed by atoms with Crippen molar-refractivity contribution in [2.24, 2.45) is 16.8 Å². The lowest BCUT2D eigenvalue weighted by atomic mass is 9.63. The molecule has 0 spiro atoms. The first-order chi connectivity index (χ1) is 16.5. The van der Waals surface area contributed by atoms with Gasteiger partial charge in [0.25, 0.3) is 0 Å². The Morgan fingerprint density at radius 3 is 2.24 bits per heavy atom. The number of aliphatic imine (C=N–C) groups is 1. The average Bonchev–Trinajstić information content (AvgIpc) is 3.70. The van der Waals surface area contributed by atoms with Gasteiger partial charge in [-0.25, -0.2) is 4.99 Å². The molecule has 2 aliphatic rings. The highest BCUT2D eigenvalue weighted by Gasteiger charge is 2.41. The molecule has 3 aromatic rings. The Bertz CT molecular complexity index is 1140. The lowest BCUT2D eigenvalue weighted by Crippen LogP contribution is -2.40. The van der Waals surface area contributed by atoms with Crippen molar-refractivity contribution >= 4 is 17.2 Å². The molecule has 2 atom stereocenters. The second kappa shape index (κ2) is 9.68. The first kappa shape index (κ1) is 22.7. The van der Waals surface area contributed by atoms with Gasteiger partial charge in [0.2, 0.25) is 0 Å². The van der Waals surface area contributed by atoms with Crippen LogP contribution < -0.4 is 5.32 Å². The van der Waals surface area contributed by atoms with Gasteiger partial charge in [0.05, 0.1) is 11.4 Å². The van der Waals surface area contributed by atoms with Gasteiger partial charge in [-0.3, -0.25) is 4.79 Å². The number of fused-ring (bicyclic) bond motifs is 1. The third kappa shape index (κ3) is 4.76. The summed E-state index contributed by atoms with van der Waals surface area (Å²) >= 11 is 0. The summed E-state index contributed by atoms with van der Waals surface area (Å²) in [5, 5.41) is 3.66. The van der Waals surface area contributed by atoms with E-state index in [1.165, 1.54) is 12.8 Å². The average molecular weight is 451 g/mol. The summed E-state index contributed by atoms with van der Waals surface area (Å²) < 4.78 is 0. The lowest BCUT2D eigenvalue weighted by Gasteiger charge is -2.41. The molecule has 0 amide bonds. The minimum atomic E-state index is -0.0506. The topological polar surface area (TPSA) is 41.5 Å². The molecule has 0 heterocycles. The molecule has 2 aliphatic carbocycles. The van der Waals surface area contributed by atoms with Crippen LogP contribution in [-0.2, 0) is 5.41 Å². The maximum atomic E-state index is 12.9. The van der Waals surface area contributed by atoms with Crippen molar-refractivity contribution in [1.82, 2.24) is 5.32 Å². The van der Waals surface area contributed by atoms with Crippen molar-refractivity contribution in [1.29, 1.82) is 0 Å². The first-order valence-electron chi connectivity index (χ1n) is 12.6. The Kier molecular flexibility index (Phi) is 6.47. The standard InChI is InChI=1S/C31H34N2O/c1-22-19-29(34)27-16-15-26(20-28(27)31(22,2)17-18-32-21-23-13-14-23)33-30(24-9-5-3-6-10-24)25-11-7-4-8-12-25/h3-12,15-16,20,22-23,32H,13-14,17-19,21H2,1-2H3/t22-,31+/m0/s1. The number of Topliss-reactive ketones (excluding diaryl/α,β-unsaturated/α-hetero) is 1. The smallest absolute Gasteiger partial charge is 0.163 e. The van der Waals surface area contributed by atoms with Gasteiger partial charge in [0.1, 0.15) is 0 Å². The van der Waals surface area contributed by atoms with Crippen LogP contribution in [0.1, 0.15) is 66.6 Å². The number of rotatable bonds is 8. The second-order valence-electron chi connectivity index (χ2n) is 10.3. The predicted molar refractivity (Wildman–Crippen MR) is 140 cm³/mol. The van der Waals surface area contributed by atoms with Crippen LogP contribution in [0.2, 0.25) is 0 Å². The van der Waals surface area contributed by atoms with E-state index < -0.39 is 0 Å². The van der Waals surface area contributed by atoms with Gasteiger partial charge in [-0.15, -0.1) is 0 Å². The fourth-order valence-electron chi connectivity index (χ4n) is 5.17. The monoisotopic (exact) mass is 450 g/mol. The predicted octanol–water partition coefficient (Wildman–Crippen LogP) is 6.73. The Hall–Kier alpha value is -3.04. The van der Waals surface area contributed by atoms with Crippen molar-refractivity contribution in [3.63, 3.8) is 0 Å². The molecule has 0 saturated heterocycles. The van der Waals surface area contributed by atoms with E-state index in [9.17, 15) is 4.79 Å². The van der Waals surface area contributed by atoms with Crippen molar-refractivity contribution in [2.75, 3.05) is 13.1 Å². The summed E-state index contributed by atoms with van der Waals surface area (Å²) in [5.41, 5.74) is 6.01. The van der Waals surface area contributed by atoms with Gasteiger partial charge in [-0.2, -0.15) is 0 Å². The number of benzene rings is 3. The maximum Gasteiger partial charge on any atom is 0.163 e. The molecule has 1 N–H and O–H groups in total. The Balaban J connectivity index is 1.52. The van der Waals surface area contributed by atoms with E-state index in [-0.39, 0.29) is 11.2 Å². The van der Waals surface area contributed by atoms with Crippen LogP contribution in [0.3, 0.4) is 0 Å². The summed E-state index contributed by atoms with van der Waals surface area (Å²) in [4.78, 5) is 18.1. The summed E-state index contributed by atoms with van der Waals surface area (Å²) in [6.45, 7) is 6.68. The summed E-state index contributed by atoms with van der Waals surface area (Å²) in [5.74, 6) is 1.44. The lowest BCUT2D eigenvalue weighted by molar-refractivity contribution is 0.0909. The van der Waals surface area contributed by atoms with Crippen LogP contribution in [-0.4, -0.2) is 24.6 Å². The number of nitrogens with zero attached hydrogens (tertiary/aromatic N) is 1. The van der Waals surface area contributed by atoms with Gasteiger partial charge >= 0.3 is 0 Å². The molecule has 0 radical (unpaired) electrons. The molecule has 5 rings (SSSR count). The third-order valence-corrected chi connectivity index (χ3v) is 7.78. The fraction of sp³-hybridized carbons (Fsp3) is 0.355. The highest BCUT2D eigenvalue weighted by molar-refractivity contribution is 6.14. The Labute approximate surface area is 203 Å². The minimum absolute atomic E-state index is 0.0506. The van der Waals surface area contributed by atoms with E-state index in [2.05, 4.69) is 49.5 Å². The largest absolute Gasteiger partial charge is 0.316 e. The van der Waals surface area contributed by atoms with Crippen LogP contribution in [0.15, 0.2) is 83.9 Å². The quantitative estimate of drug-likeness (QED) is 0.305. The zero-order chi connectivity index (χ0) is 23.5. The zero-order valence-corrected chi connectivity index (χ0v) is 20.3. The van der Waals surface area contributed by atoms with Crippen molar-refractivity contribution in [3.8, 4) is 0 Å². The van der Waals surface area contributed by atoms with Crippen LogP contribution in [0.25, 0.3) is 0 Å². The second-order valence-corrected chi connectivity index (χ2v) is 10.3. The third-order valence-electron chi connectivity index (χ3n) is 7.78. The number of carbonyl (C=O) groups excluding carboxylic acids is 1. The molecule has 34 heavy (non-hydrogen) atoms. The van der Waals surface area contributed by atoms with Crippen molar-refractivity contribution in [2.45, 2.75) is 44.9 Å². The highest BCUT2D eigenvalue weighted by atomic mass is 16.1. The molecular weight excluding hydrogens is 416 g/mol. The maximum absolute atomic E-state index is 12.9. The van der Waals surface area contributed by atoms with Gasteiger partial charge in [-0.1, -0.05) is 74.5 Å². The molecule has 0 aliphatic heterocycles. The van der Waals surface area contributed by atoms with Crippen LogP contribution in [0.4, 0.5) is 5.69 Å². The van der Waals surface area contributed by atoms with Crippen molar-refractivity contribution < 1.29 is 4.79 Å². The molecular formula is C31H34N2O. The summed E-state index contributed by atoms with van der Waals surface area (Å²) in [7, 11) is 0. The molecule has 1 saturated carbocycles. The van der Waals surface area contributed by atoms with Gasteiger partial charge in [-0.05, 0) is 73.4 Å². The first-order valence-corrected chi connectivity index (χ1v) is 12.6. The normalized spacial score (nSPS) is 21.7. The van der Waals surface area contributed by atoms with Gasteiger partial charge < -0.3 is 5.32 Å². The number of hydrogen-bond donors (Lipinski definition) is 1. The van der Waals surface area contributed by atoms with Gasteiger partial charge in [0, 0.05) is 23.1 Å². The van der Waals surface area contributed by atoms with Crippen LogP contribution in [0.5, 0.6) is 0 Å². The van der Waals surface area contributed by atoms with E-state index in [0.717, 1.165) is 59.1 Å². The van der Waals surface area contributed by atoms with Crippen molar-refractivity contribution in [3.05, 3.63) is 101 Å². The molecule has 0 aromatic heterocycles. The van der Waals surface area contributed by atoms with Gasteiger partial charge in [0.15, 0.2) is 5.78 Å². The van der Waals surface area contributed by atoms with Crippen LogP contribution >= 0.6 is 0 Å². The number of ketones is 1. The zero-order valence-electron chi connectivity index (χ0n) is 20.3. The molecule has 0 bridgehead atoms. The van der Waals surface area contributed by atoms with Crippen LogP contribution in [0, 0.1) is 11.8 Å². The molecule has 174 valence electrons. The number of hydrogen-bond acceptors (Lipinski definition) is 3. The molecule has 0 unspecified atom stereocenters. The summed E-state index contributed by atoms with van der Waals surface area (Å²) in [6.07, 6.45) is 4.38. The molecule has 3 aromatic carbocycles. The van der Waals surface area contributed by atoms with E-state index >= 15 is 0 Å². The Morgan fingerprint density at radius 2 is 1.62 bits per heavy atom. The molecule has 3 nitrogen and oxygen atoms in total. The highest BCUT2D eigenvalue weighted by Crippen LogP contribution is 2.45. The fourth-order valence-corrected chi connectivity index (χ4v) is 5.17. The minimum Gasteiger partial charge on any atom is -0.316 e. The number of carbonyl (C=O) groups is 1.